The van der Waals surface area contributed by atoms with Crippen LogP contribution in [-0.4, -0.2) is 29.3 Å². The number of piperidine rings is 1. The molecule has 4 heteroatoms. The highest BCUT2D eigenvalue weighted by molar-refractivity contribution is 5.88. The van der Waals surface area contributed by atoms with Gasteiger partial charge in [0, 0.05) is 13.0 Å². The maximum Gasteiger partial charge on any atom is 0.240 e. The molecule has 0 aromatic heterocycles. The van der Waals surface area contributed by atoms with Gasteiger partial charge in [-0.25, -0.2) is 0 Å². The molecule has 1 saturated carbocycles. The molecule has 0 aromatic carbocycles. The van der Waals surface area contributed by atoms with Crippen LogP contribution in [-0.2, 0) is 9.59 Å². The van der Waals surface area contributed by atoms with Crippen molar-refractivity contribution in [2.45, 2.75) is 47.1 Å². The van der Waals surface area contributed by atoms with E-state index in [9.17, 15) is 9.59 Å². The molecule has 0 spiro atoms. The molecule has 0 bridgehead atoms. The SMILES string of the molecule is CC(C)(C)CC(=O)N1C[C@H]2[C@H]([C@H]1C(N)=O)C2(C)C. The molecule has 3 atom stereocenters. The molecule has 1 aliphatic heterocycles. The third kappa shape index (κ3) is 2.02. The molecule has 1 saturated heterocycles. The summed E-state index contributed by atoms with van der Waals surface area (Å²) in [6.07, 6.45) is 0.469. The van der Waals surface area contributed by atoms with Crippen molar-refractivity contribution in [2.75, 3.05) is 6.54 Å². The number of primary amides is 1. The van der Waals surface area contributed by atoms with Gasteiger partial charge in [-0.2, -0.15) is 0 Å². The number of carbonyl (C=O) groups excluding carboxylic acids is 2. The van der Waals surface area contributed by atoms with E-state index in [1.54, 1.807) is 4.90 Å². The Balaban J connectivity index is 2.12. The van der Waals surface area contributed by atoms with Gasteiger partial charge in [-0.15, -0.1) is 0 Å². The van der Waals surface area contributed by atoms with E-state index in [4.69, 9.17) is 5.73 Å². The predicted molar refractivity (Wildman–Crippen MR) is 69.5 cm³/mol. The van der Waals surface area contributed by atoms with Crippen LogP contribution in [0.3, 0.4) is 0 Å². The van der Waals surface area contributed by atoms with Crippen molar-refractivity contribution < 1.29 is 9.59 Å². The van der Waals surface area contributed by atoms with Crippen molar-refractivity contribution in [3.05, 3.63) is 0 Å². The fourth-order valence-electron chi connectivity index (χ4n) is 3.42. The molecule has 2 amide bonds. The summed E-state index contributed by atoms with van der Waals surface area (Å²) in [5.74, 6) is 0.419. The standard InChI is InChI=1S/C14H24N2O2/c1-13(2,3)6-9(17)16-7-8-10(14(8,4)5)11(16)12(15)18/h8,10-11H,6-7H2,1-5H3,(H2,15,18)/t8-,10+,11-/m0/s1. The Labute approximate surface area is 109 Å². The largest absolute Gasteiger partial charge is 0.368 e. The van der Waals surface area contributed by atoms with Crippen LogP contribution >= 0.6 is 0 Å². The normalized spacial score (nSPS) is 33.2. The molecule has 1 aliphatic carbocycles. The third-order valence-electron chi connectivity index (χ3n) is 4.50. The first kappa shape index (κ1) is 13.4. The Bertz CT molecular complexity index is 395. The molecule has 2 fully saturated rings. The molecule has 1 heterocycles. The van der Waals surface area contributed by atoms with Crippen LogP contribution in [0.1, 0.15) is 41.0 Å². The maximum atomic E-state index is 12.3. The fourth-order valence-corrected chi connectivity index (χ4v) is 3.42. The maximum absolute atomic E-state index is 12.3. The van der Waals surface area contributed by atoms with Gasteiger partial charge < -0.3 is 10.6 Å². The van der Waals surface area contributed by atoms with Crippen molar-refractivity contribution in [1.82, 2.24) is 4.90 Å². The zero-order chi connectivity index (χ0) is 13.9. The van der Waals surface area contributed by atoms with Crippen LogP contribution < -0.4 is 5.73 Å². The first-order chi connectivity index (χ1) is 8.05. The van der Waals surface area contributed by atoms with E-state index >= 15 is 0 Å². The van der Waals surface area contributed by atoms with Gasteiger partial charge in [-0.05, 0) is 22.7 Å². The second kappa shape index (κ2) is 3.72. The molecule has 2 rings (SSSR count). The molecule has 2 aliphatic rings. The van der Waals surface area contributed by atoms with Crippen molar-refractivity contribution in [3.63, 3.8) is 0 Å². The number of amides is 2. The van der Waals surface area contributed by atoms with Crippen LogP contribution in [0.15, 0.2) is 0 Å². The Morgan fingerprint density at radius 3 is 2.33 bits per heavy atom. The lowest BCUT2D eigenvalue weighted by molar-refractivity contribution is -0.140. The van der Waals surface area contributed by atoms with Gasteiger partial charge in [0.1, 0.15) is 6.04 Å². The zero-order valence-corrected chi connectivity index (χ0v) is 12.0. The number of hydrogen-bond acceptors (Lipinski definition) is 2. The lowest BCUT2D eigenvalue weighted by atomic mass is 9.91. The average molecular weight is 252 g/mol. The second-order valence-electron chi connectivity index (χ2n) is 7.58. The predicted octanol–water partition coefficient (Wildman–Crippen LogP) is 1.39. The number of nitrogens with zero attached hydrogens (tertiary/aromatic N) is 1. The van der Waals surface area contributed by atoms with Gasteiger partial charge in [0.05, 0.1) is 0 Å². The van der Waals surface area contributed by atoms with Crippen LogP contribution in [0.25, 0.3) is 0 Å². The number of fused-ring (bicyclic) bond motifs is 1. The molecule has 2 N–H and O–H groups in total. The highest BCUT2D eigenvalue weighted by Gasteiger charge is 2.68. The fraction of sp³-hybridized carbons (Fsp3) is 0.857. The van der Waals surface area contributed by atoms with E-state index < -0.39 is 0 Å². The molecule has 18 heavy (non-hydrogen) atoms. The van der Waals surface area contributed by atoms with E-state index in [0.29, 0.717) is 18.9 Å². The quantitative estimate of drug-likeness (QED) is 0.807. The van der Waals surface area contributed by atoms with Gasteiger partial charge in [-0.3, -0.25) is 9.59 Å². The Morgan fingerprint density at radius 1 is 1.33 bits per heavy atom. The van der Waals surface area contributed by atoms with E-state index in [2.05, 4.69) is 13.8 Å². The van der Waals surface area contributed by atoms with Crippen molar-refractivity contribution in [2.24, 2.45) is 28.4 Å². The summed E-state index contributed by atoms with van der Waals surface area (Å²) < 4.78 is 0. The first-order valence-electron chi connectivity index (χ1n) is 6.64. The first-order valence-corrected chi connectivity index (χ1v) is 6.64. The zero-order valence-electron chi connectivity index (χ0n) is 12.0. The summed E-state index contributed by atoms with van der Waals surface area (Å²) in [4.78, 5) is 25.6. The van der Waals surface area contributed by atoms with Crippen LogP contribution in [0.4, 0.5) is 0 Å². The number of hydrogen-bond donors (Lipinski definition) is 1. The van der Waals surface area contributed by atoms with Gasteiger partial charge in [0.25, 0.3) is 0 Å². The monoisotopic (exact) mass is 252 g/mol. The van der Waals surface area contributed by atoms with Gasteiger partial charge in [-0.1, -0.05) is 34.6 Å². The Kier molecular flexibility index (Phi) is 2.76. The Morgan fingerprint density at radius 2 is 1.89 bits per heavy atom. The lowest BCUT2D eigenvalue weighted by Crippen LogP contribution is -2.48. The second-order valence-corrected chi connectivity index (χ2v) is 7.58. The molecule has 0 aromatic rings. The highest BCUT2D eigenvalue weighted by atomic mass is 16.2. The minimum Gasteiger partial charge on any atom is -0.368 e. The van der Waals surface area contributed by atoms with Gasteiger partial charge in [0.2, 0.25) is 11.8 Å². The minimum atomic E-state index is -0.389. The van der Waals surface area contributed by atoms with Crippen molar-refractivity contribution in [1.29, 1.82) is 0 Å². The van der Waals surface area contributed by atoms with E-state index in [1.165, 1.54) is 0 Å². The van der Waals surface area contributed by atoms with E-state index in [-0.39, 0.29) is 34.6 Å². The molecule has 4 nitrogen and oxygen atoms in total. The number of rotatable bonds is 2. The molecule has 102 valence electrons. The molecular weight excluding hydrogens is 228 g/mol. The molecule has 0 unspecified atom stereocenters. The van der Waals surface area contributed by atoms with E-state index in [0.717, 1.165) is 0 Å². The number of nitrogens with two attached hydrogens (primary N) is 1. The summed E-state index contributed by atoms with van der Waals surface area (Å²) in [6, 6.07) is -0.389. The molecular formula is C14H24N2O2. The van der Waals surface area contributed by atoms with Gasteiger partial charge in [0.15, 0.2) is 0 Å². The summed E-state index contributed by atoms with van der Waals surface area (Å²) in [7, 11) is 0. The average Bonchev–Trinajstić information content (AvgIpc) is 2.59. The minimum absolute atomic E-state index is 0.0540. The van der Waals surface area contributed by atoms with Crippen molar-refractivity contribution in [3.8, 4) is 0 Å². The van der Waals surface area contributed by atoms with Gasteiger partial charge >= 0.3 is 0 Å². The van der Waals surface area contributed by atoms with Crippen molar-refractivity contribution >= 4 is 11.8 Å². The van der Waals surface area contributed by atoms with E-state index in [1.807, 2.05) is 20.8 Å². The van der Waals surface area contributed by atoms with Crippen LogP contribution in [0.5, 0.6) is 0 Å². The smallest absolute Gasteiger partial charge is 0.240 e. The summed E-state index contributed by atoms with van der Waals surface area (Å²) in [5, 5.41) is 0. The summed E-state index contributed by atoms with van der Waals surface area (Å²) in [6.45, 7) is 11.1. The third-order valence-corrected chi connectivity index (χ3v) is 4.50. The summed E-state index contributed by atoms with van der Waals surface area (Å²) in [5.41, 5.74) is 5.61. The molecule has 0 radical (unpaired) electrons. The highest BCUT2D eigenvalue weighted by Crippen LogP contribution is 2.64. The van der Waals surface area contributed by atoms with Crippen LogP contribution in [0, 0.1) is 22.7 Å². The number of carbonyl (C=O) groups is 2. The van der Waals surface area contributed by atoms with Crippen LogP contribution in [0.2, 0.25) is 0 Å². The topological polar surface area (TPSA) is 63.4 Å². The Hall–Kier alpha value is -1.06. The lowest BCUT2D eigenvalue weighted by Gasteiger charge is -2.31. The summed E-state index contributed by atoms with van der Waals surface area (Å²) >= 11 is 0. The number of likely N-dealkylation sites (tertiary alicyclic amines) is 1.